The summed E-state index contributed by atoms with van der Waals surface area (Å²) in [6.07, 6.45) is 0. The minimum Gasteiger partial charge on any atom is -0.490 e. The molecular weight excluding hydrogens is 174 g/mol. The van der Waals surface area contributed by atoms with Crippen LogP contribution in [0.2, 0.25) is 0 Å². The normalized spacial score (nSPS) is 9.69. The van der Waals surface area contributed by atoms with Crippen molar-refractivity contribution < 1.29 is 14.8 Å². The third-order valence-corrected chi connectivity index (χ3v) is 1.64. The fourth-order valence-corrected chi connectivity index (χ4v) is 1.06. The molecule has 0 unspecified atom stereocenters. The van der Waals surface area contributed by atoms with E-state index in [1.165, 1.54) is 19.2 Å². The number of rotatable bonds is 3. The molecule has 0 spiro atoms. The van der Waals surface area contributed by atoms with Crippen LogP contribution in [0.5, 0.6) is 5.75 Å². The van der Waals surface area contributed by atoms with Crippen LogP contribution < -0.4 is 4.74 Å². The Balaban J connectivity index is 3.29. The minimum absolute atomic E-state index is 0.123. The van der Waals surface area contributed by atoms with Gasteiger partial charge in [-0.25, -0.2) is 5.11 Å². The molecule has 0 fully saturated rings. The monoisotopic (exact) mass is 182 g/mol. The summed E-state index contributed by atoms with van der Waals surface area (Å²) in [4.78, 5) is 9.94. The molecule has 0 aromatic heterocycles. The first-order chi connectivity index (χ1) is 6.20. The van der Waals surface area contributed by atoms with E-state index in [2.05, 4.69) is 0 Å². The zero-order chi connectivity index (χ0) is 9.84. The van der Waals surface area contributed by atoms with Crippen molar-refractivity contribution in [3.05, 3.63) is 33.9 Å². The molecule has 1 aromatic carbocycles. The highest BCUT2D eigenvalue weighted by Crippen LogP contribution is 2.30. The summed E-state index contributed by atoms with van der Waals surface area (Å²) in [5, 5.41) is 21.1. The number of hydrogen-bond acceptors (Lipinski definition) is 3. The lowest BCUT2D eigenvalue weighted by molar-refractivity contribution is -0.386. The molecule has 0 aliphatic carbocycles. The molecule has 0 aliphatic heterocycles. The van der Waals surface area contributed by atoms with Crippen LogP contribution in [-0.2, 0) is 11.7 Å². The second kappa shape index (κ2) is 3.86. The molecule has 0 heterocycles. The van der Waals surface area contributed by atoms with E-state index in [0.717, 1.165) is 0 Å². The molecule has 13 heavy (non-hydrogen) atoms. The first kappa shape index (κ1) is 9.47. The van der Waals surface area contributed by atoms with Crippen LogP contribution in [-0.4, -0.2) is 12.0 Å². The van der Waals surface area contributed by atoms with E-state index in [-0.39, 0.29) is 17.0 Å². The van der Waals surface area contributed by atoms with Crippen molar-refractivity contribution in [3.8, 4) is 5.75 Å². The van der Waals surface area contributed by atoms with Gasteiger partial charge in [-0.2, -0.15) is 0 Å². The van der Waals surface area contributed by atoms with E-state index < -0.39 is 11.5 Å². The van der Waals surface area contributed by atoms with Crippen LogP contribution in [0.25, 0.3) is 0 Å². The first-order valence-corrected chi connectivity index (χ1v) is 3.59. The number of nitro benzene ring substituents is 1. The van der Waals surface area contributed by atoms with Gasteiger partial charge in [0.1, 0.15) is 6.61 Å². The minimum atomic E-state index is -0.618. The standard InChI is InChI=1S/C8H8NO4/c1-13-7-4-2-3-6(5-10)8(7)9(11)12/h2-4H,5H2,1H3. The lowest BCUT2D eigenvalue weighted by Crippen LogP contribution is -1.98. The van der Waals surface area contributed by atoms with Crippen LogP contribution in [0.3, 0.4) is 0 Å². The van der Waals surface area contributed by atoms with Gasteiger partial charge in [-0.05, 0) is 12.1 Å². The summed E-state index contributed by atoms with van der Waals surface area (Å²) in [5.74, 6) is 0.123. The molecule has 0 amide bonds. The van der Waals surface area contributed by atoms with Gasteiger partial charge in [-0.15, -0.1) is 0 Å². The fourth-order valence-electron chi connectivity index (χ4n) is 1.06. The van der Waals surface area contributed by atoms with E-state index >= 15 is 0 Å². The number of nitrogens with zero attached hydrogens (tertiary/aromatic N) is 1. The molecule has 1 radical (unpaired) electrons. The van der Waals surface area contributed by atoms with Gasteiger partial charge in [0.05, 0.1) is 17.6 Å². The lowest BCUT2D eigenvalue weighted by Gasteiger charge is -2.03. The zero-order valence-electron chi connectivity index (χ0n) is 7.02. The fraction of sp³-hybridized carbons (Fsp3) is 0.250. The number of nitro groups is 1. The van der Waals surface area contributed by atoms with Crippen LogP contribution >= 0.6 is 0 Å². The van der Waals surface area contributed by atoms with Crippen molar-refractivity contribution in [1.29, 1.82) is 0 Å². The molecule has 0 bridgehead atoms. The molecule has 0 saturated heterocycles. The van der Waals surface area contributed by atoms with E-state index in [1.807, 2.05) is 0 Å². The van der Waals surface area contributed by atoms with Crippen LogP contribution in [0.15, 0.2) is 18.2 Å². The zero-order valence-corrected chi connectivity index (χ0v) is 7.02. The van der Waals surface area contributed by atoms with Gasteiger partial charge in [-0.1, -0.05) is 6.07 Å². The predicted molar refractivity (Wildman–Crippen MR) is 44.0 cm³/mol. The van der Waals surface area contributed by atoms with Crippen molar-refractivity contribution in [2.75, 3.05) is 7.11 Å². The molecule has 69 valence electrons. The second-order valence-corrected chi connectivity index (χ2v) is 2.37. The van der Waals surface area contributed by atoms with Gasteiger partial charge >= 0.3 is 5.69 Å². The van der Waals surface area contributed by atoms with Gasteiger partial charge in [0.2, 0.25) is 0 Å². The maximum Gasteiger partial charge on any atom is 0.316 e. The molecule has 1 rings (SSSR count). The largest absolute Gasteiger partial charge is 0.490 e. The van der Waals surface area contributed by atoms with Crippen molar-refractivity contribution >= 4 is 5.69 Å². The van der Waals surface area contributed by atoms with Crippen LogP contribution in [0.4, 0.5) is 5.69 Å². The highest BCUT2D eigenvalue weighted by molar-refractivity contribution is 5.52. The molecular formula is C8H8NO4. The highest BCUT2D eigenvalue weighted by atomic mass is 16.6. The van der Waals surface area contributed by atoms with Gasteiger partial charge in [0.25, 0.3) is 0 Å². The molecule has 5 heteroatoms. The SMILES string of the molecule is COc1cccc(C[O])c1[N+](=O)[O-]. The van der Waals surface area contributed by atoms with Gasteiger partial charge in [-0.3, -0.25) is 10.1 Å². The Bertz CT molecular complexity index is 302. The molecule has 0 aliphatic rings. The number of benzene rings is 1. The topological polar surface area (TPSA) is 72.3 Å². The molecule has 1 aromatic rings. The summed E-state index contributed by atoms with van der Waals surface area (Å²) in [7, 11) is 1.33. The highest BCUT2D eigenvalue weighted by Gasteiger charge is 2.19. The molecule has 5 nitrogen and oxygen atoms in total. The number of hydrogen-bond donors (Lipinski definition) is 0. The van der Waals surface area contributed by atoms with Crippen molar-refractivity contribution in [1.82, 2.24) is 0 Å². The van der Waals surface area contributed by atoms with Crippen molar-refractivity contribution in [2.45, 2.75) is 6.61 Å². The Hall–Kier alpha value is -1.62. The smallest absolute Gasteiger partial charge is 0.316 e. The number of ether oxygens (including phenoxy) is 1. The molecule has 0 N–H and O–H groups in total. The quantitative estimate of drug-likeness (QED) is 0.525. The number of para-hydroxylation sites is 1. The van der Waals surface area contributed by atoms with Crippen LogP contribution in [0.1, 0.15) is 5.56 Å². The average molecular weight is 182 g/mol. The van der Waals surface area contributed by atoms with Gasteiger partial charge in [0, 0.05) is 0 Å². The average Bonchev–Trinajstić information content (AvgIpc) is 2.16. The Morgan fingerprint density at radius 3 is 2.69 bits per heavy atom. The van der Waals surface area contributed by atoms with Crippen LogP contribution in [0, 0.1) is 10.1 Å². The molecule has 0 saturated carbocycles. The maximum atomic E-state index is 10.6. The second-order valence-electron chi connectivity index (χ2n) is 2.37. The summed E-state index contributed by atoms with van der Waals surface area (Å²) < 4.78 is 4.77. The third-order valence-electron chi connectivity index (χ3n) is 1.64. The lowest BCUT2D eigenvalue weighted by atomic mass is 10.2. The number of methoxy groups -OCH3 is 1. The van der Waals surface area contributed by atoms with Crippen molar-refractivity contribution in [2.24, 2.45) is 0 Å². The van der Waals surface area contributed by atoms with E-state index in [1.54, 1.807) is 6.07 Å². The Labute approximate surface area is 74.7 Å². The summed E-state index contributed by atoms with van der Waals surface area (Å²) >= 11 is 0. The predicted octanol–water partition coefficient (Wildman–Crippen LogP) is 1.53. The molecule has 0 atom stereocenters. The maximum absolute atomic E-state index is 10.6. The van der Waals surface area contributed by atoms with E-state index in [0.29, 0.717) is 0 Å². The third kappa shape index (κ3) is 1.75. The Kier molecular flexibility index (Phi) is 2.81. The van der Waals surface area contributed by atoms with Gasteiger partial charge < -0.3 is 4.74 Å². The van der Waals surface area contributed by atoms with E-state index in [9.17, 15) is 15.2 Å². The first-order valence-electron chi connectivity index (χ1n) is 3.59. The van der Waals surface area contributed by atoms with E-state index in [4.69, 9.17) is 4.74 Å². The Morgan fingerprint density at radius 2 is 2.23 bits per heavy atom. The summed E-state index contributed by atoms with van der Waals surface area (Å²) in [6, 6.07) is 4.43. The Morgan fingerprint density at radius 1 is 1.54 bits per heavy atom. The summed E-state index contributed by atoms with van der Waals surface area (Å²) in [6.45, 7) is -0.618. The summed E-state index contributed by atoms with van der Waals surface area (Å²) in [5.41, 5.74) is -0.0932. The van der Waals surface area contributed by atoms with Crippen molar-refractivity contribution in [3.63, 3.8) is 0 Å². The van der Waals surface area contributed by atoms with Gasteiger partial charge in [0.15, 0.2) is 5.75 Å².